The molecule has 1 aliphatic heterocycles. The maximum Gasteiger partial charge on any atom is 0.345 e. The Hall–Kier alpha value is -2.61. The van der Waals surface area contributed by atoms with Gasteiger partial charge >= 0.3 is 11.9 Å². The molecule has 0 saturated carbocycles. The van der Waals surface area contributed by atoms with Gasteiger partial charge in [-0.2, -0.15) is 0 Å². The molecule has 0 radical (unpaired) electrons. The predicted molar refractivity (Wildman–Crippen MR) is 96.6 cm³/mol. The summed E-state index contributed by atoms with van der Waals surface area (Å²) in [6.07, 6.45) is -1.08. The Morgan fingerprint density at radius 2 is 1.67 bits per heavy atom. The van der Waals surface area contributed by atoms with Crippen LogP contribution >= 0.6 is 0 Å². The monoisotopic (exact) mass is 376 g/mol. The van der Waals surface area contributed by atoms with Gasteiger partial charge < -0.3 is 24.1 Å². The van der Waals surface area contributed by atoms with Crippen molar-refractivity contribution >= 4 is 29.0 Å². The molecule has 1 saturated heterocycles. The van der Waals surface area contributed by atoms with Gasteiger partial charge in [0.05, 0.1) is 5.41 Å². The second-order valence-electron chi connectivity index (χ2n) is 7.58. The van der Waals surface area contributed by atoms with Crippen molar-refractivity contribution in [1.29, 1.82) is 0 Å². The zero-order chi connectivity index (χ0) is 19.8. The Morgan fingerprint density at radius 3 is 2.26 bits per heavy atom. The van der Waals surface area contributed by atoms with Crippen LogP contribution in [0.2, 0.25) is 0 Å². The Kier molecular flexibility index (Phi) is 5.10. The topological polar surface area (TPSA) is 98.1 Å². The number of esters is 2. The molecule has 0 aliphatic carbocycles. The van der Waals surface area contributed by atoms with Crippen molar-refractivity contribution in [3.63, 3.8) is 0 Å². The molecule has 27 heavy (non-hydrogen) atoms. The van der Waals surface area contributed by atoms with Gasteiger partial charge in [0.2, 0.25) is 6.29 Å². The second-order valence-corrected chi connectivity index (χ2v) is 7.58. The number of carbonyl (C=O) groups excluding carboxylic acids is 3. The molecule has 0 spiro atoms. The first-order valence-electron chi connectivity index (χ1n) is 8.95. The Bertz CT molecular complexity index is 844. The van der Waals surface area contributed by atoms with Crippen LogP contribution in [0, 0.1) is 5.41 Å². The van der Waals surface area contributed by atoms with E-state index in [1.807, 2.05) is 0 Å². The molecule has 1 unspecified atom stereocenters. The number of nitrogens with zero attached hydrogens (tertiary/aromatic N) is 1. The molecule has 1 atom stereocenters. The lowest BCUT2D eigenvalue weighted by Gasteiger charge is -2.27. The minimum absolute atomic E-state index is 0.0784. The highest BCUT2D eigenvalue weighted by Gasteiger charge is 2.33. The fourth-order valence-corrected chi connectivity index (χ4v) is 2.86. The SMILES string of the molecule is CC(OC(=O)c1c(C(=O)N2CCNCC2)c2ccc1o2)OC(=O)C(C)(C)C. The molecule has 1 fully saturated rings. The van der Waals surface area contributed by atoms with E-state index in [1.165, 1.54) is 6.92 Å². The highest BCUT2D eigenvalue weighted by Crippen LogP contribution is 2.31. The van der Waals surface area contributed by atoms with E-state index in [-0.39, 0.29) is 22.6 Å². The van der Waals surface area contributed by atoms with Crippen molar-refractivity contribution in [2.24, 2.45) is 5.41 Å². The predicted octanol–water partition coefficient (Wildman–Crippen LogP) is 2.01. The first-order chi connectivity index (χ1) is 12.7. The van der Waals surface area contributed by atoms with Gasteiger partial charge in [0, 0.05) is 33.1 Å². The van der Waals surface area contributed by atoms with Crippen LogP contribution in [0.3, 0.4) is 0 Å². The van der Waals surface area contributed by atoms with Crippen molar-refractivity contribution in [3.8, 4) is 0 Å². The lowest BCUT2D eigenvalue weighted by molar-refractivity contribution is -0.174. The number of nitrogens with one attached hydrogen (secondary N) is 1. The maximum absolute atomic E-state index is 12.9. The molecule has 2 aromatic rings. The minimum atomic E-state index is -1.08. The number of amides is 1. The fourth-order valence-electron chi connectivity index (χ4n) is 2.86. The van der Waals surface area contributed by atoms with Crippen molar-refractivity contribution in [2.45, 2.75) is 34.0 Å². The molecule has 0 aromatic carbocycles. The third kappa shape index (κ3) is 3.90. The Balaban J connectivity index is 1.78. The van der Waals surface area contributed by atoms with Crippen LogP contribution in [0.5, 0.6) is 0 Å². The third-order valence-corrected chi connectivity index (χ3v) is 4.33. The minimum Gasteiger partial charge on any atom is -0.456 e. The van der Waals surface area contributed by atoms with E-state index in [1.54, 1.807) is 37.8 Å². The van der Waals surface area contributed by atoms with Crippen LogP contribution in [0.4, 0.5) is 0 Å². The molecule has 3 heterocycles. The number of ether oxygens (including phenoxy) is 2. The fraction of sp³-hybridized carbons (Fsp3) is 0.526. The average molecular weight is 376 g/mol. The molecule has 8 nitrogen and oxygen atoms in total. The van der Waals surface area contributed by atoms with E-state index >= 15 is 0 Å². The summed E-state index contributed by atoms with van der Waals surface area (Å²) in [5.41, 5.74) is 0.192. The lowest BCUT2D eigenvalue weighted by atomic mass is 9.97. The summed E-state index contributed by atoms with van der Waals surface area (Å²) in [6, 6.07) is 3.27. The highest BCUT2D eigenvalue weighted by atomic mass is 16.7. The van der Waals surface area contributed by atoms with Crippen LogP contribution < -0.4 is 5.32 Å². The van der Waals surface area contributed by atoms with E-state index in [0.717, 1.165) is 0 Å². The summed E-state index contributed by atoms with van der Waals surface area (Å²) < 4.78 is 15.9. The number of furan rings is 2. The number of carbonyl (C=O) groups is 3. The molecule has 1 N–H and O–H groups in total. The molecule has 2 bridgehead atoms. The number of piperazine rings is 1. The summed E-state index contributed by atoms with van der Waals surface area (Å²) in [7, 11) is 0. The van der Waals surface area contributed by atoms with E-state index in [0.29, 0.717) is 31.8 Å². The average Bonchev–Trinajstić information content (AvgIpc) is 3.22. The number of fused-ring (bicyclic) bond motifs is 2. The van der Waals surface area contributed by atoms with E-state index < -0.39 is 23.6 Å². The summed E-state index contributed by atoms with van der Waals surface area (Å²) in [6.45, 7) is 9.07. The summed E-state index contributed by atoms with van der Waals surface area (Å²) in [5.74, 6) is -1.51. The highest BCUT2D eigenvalue weighted by molar-refractivity contribution is 6.14. The van der Waals surface area contributed by atoms with Crippen molar-refractivity contribution in [3.05, 3.63) is 23.3 Å². The van der Waals surface area contributed by atoms with E-state index in [4.69, 9.17) is 13.9 Å². The smallest absolute Gasteiger partial charge is 0.345 e. The quantitative estimate of drug-likeness (QED) is 0.644. The normalized spacial score (nSPS) is 16.4. The molecular formula is C19H24N2O6. The molecule has 2 aromatic heterocycles. The number of hydrogen-bond donors (Lipinski definition) is 1. The summed E-state index contributed by atoms with van der Waals surface area (Å²) >= 11 is 0. The first kappa shape index (κ1) is 19.2. The lowest BCUT2D eigenvalue weighted by Crippen LogP contribution is -2.46. The number of hydrogen-bond acceptors (Lipinski definition) is 7. The largest absolute Gasteiger partial charge is 0.456 e. The van der Waals surface area contributed by atoms with Crippen molar-refractivity contribution < 1.29 is 28.3 Å². The van der Waals surface area contributed by atoms with Gasteiger partial charge in [0.25, 0.3) is 5.91 Å². The van der Waals surface area contributed by atoms with Crippen LogP contribution in [0.1, 0.15) is 48.4 Å². The second kappa shape index (κ2) is 7.19. The van der Waals surface area contributed by atoms with E-state index in [9.17, 15) is 14.4 Å². The summed E-state index contributed by atoms with van der Waals surface area (Å²) in [4.78, 5) is 39.2. The maximum atomic E-state index is 12.9. The van der Waals surface area contributed by atoms with Gasteiger partial charge in [0.15, 0.2) is 0 Å². The van der Waals surface area contributed by atoms with Gasteiger partial charge in [-0.3, -0.25) is 9.59 Å². The zero-order valence-corrected chi connectivity index (χ0v) is 16.0. The van der Waals surface area contributed by atoms with Gasteiger partial charge in [0.1, 0.15) is 22.3 Å². The van der Waals surface area contributed by atoms with Crippen LogP contribution in [-0.4, -0.2) is 55.2 Å². The molecule has 3 rings (SSSR count). The summed E-state index contributed by atoms with van der Waals surface area (Å²) in [5, 5.41) is 3.18. The van der Waals surface area contributed by atoms with Gasteiger partial charge in [-0.05, 0) is 32.9 Å². The van der Waals surface area contributed by atoms with Gasteiger partial charge in [-0.1, -0.05) is 0 Å². The third-order valence-electron chi connectivity index (χ3n) is 4.33. The van der Waals surface area contributed by atoms with Crippen molar-refractivity contribution in [2.75, 3.05) is 26.2 Å². The molecule has 1 aliphatic rings. The van der Waals surface area contributed by atoms with Gasteiger partial charge in [-0.15, -0.1) is 0 Å². The molecule has 146 valence electrons. The van der Waals surface area contributed by atoms with Crippen LogP contribution in [0.25, 0.3) is 11.2 Å². The standard InChI is InChI=1S/C19H24N2O6/c1-11(26-18(24)19(2,3)4)25-17(23)15-13-6-5-12(27-13)14(15)16(22)21-9-7-20-8-10-21/h5-6,11,20H,7-10H2,1-4H3. The Morgan fingerprint density at radius 1 is 1.07 bits per heavy atom. The number of rotatable bonds is 4. The Labute approximate surface area is 157 Å². The van der Waals surface area contributed by atoms with Crippen LogP contribution in [0.15, 0.2) is 16.5 Å². The van der Waals surface area contributed by atoms with Crippen molar-refractivity contribution in [1.82, 2.24) is 10.2 Å². The zero-order valence-electron chi connectivity index (χ0n) is 16.0. The van der Waals surface area contributed by atoms with Crippen LogP contribution in [-0.2, 0) is 14.3 Å². The van der Waals surface area contributed by atoms with Gasteiger partial charge in [-0.25, -0.2) is 4.79 Å². The molecule has 8 heteroatoms. The van der Waals surface area contributed by atoms with E-state index in [2.05, 4.69) is 5.32 Å². The number of benzene rings is 1. The molecular weight excluding hydrogens is 352 g/mol. The first-order valence-corrected chi connectivity index (χ1v) is 8.95. The molecule has 1 amide bonds.